The summed E-state index contributed by atoms with van der Waals surface area (Å²) in [4.78, 5) is 0. The summed E-state index contributed by atoms with van der Waals surface area (Å²) in [5, 5.41) is 0. The van der Waals surface area contributed by atoms with Crippen LogP contribution in [0.2, 0.25) is 0 Å². The highest BCUT2D eigenvalue weighted by molar-refractivity contribution is 5.20. The quantitative estimate of drug-likeness (QED) is 0.274. The normalized spacial score (nSPS) is 17.6. The number of alkyl halides is 13. The molecule has 1 aromatic heterocycles. The third-order valence-corrected chi connectivity index (χ3v) is 3.84. The number of aromatic nitrogens is 1. The summed E-state index contributed by atoms with van der Waals surface area (Å²) >= 11 is 0. The molecule has 1 heterocycles. The summed E-state index contributed by atoms with van der Waals surface area (Å²) in [5.41, 5.74) is -6.33. The van der Waals surface area contributed by atoms with Crippen LogP contribution >= 0.6 is 0 Å². The Kier molecular flexibility index (Phi) is 6.34. The molecule has 0 saturated heterocycles. The second-order valence-corrected chi connectivity index (χ2v) is 5.80. The van der Waals surface area contributed by atoms with Crippen molar-refractivity contribution < 1.29 is 61.6 Å². The maximum Gasteiger partial charge on any atom is 0.534 e. The maximum absolute atomic E-state index is 14.4. The van der Waals surface area contributed by atoms with E-state index in [0.717, 1.165) is 6.07 Å². The van der Waals surface area contributed by atoms with Crippen LogP contribution in [0, 0.1) is 0 Å². The Morgan fingerprint density at radius 3 is 1.59 bits per heavy atom. The van der Waals surface area contributed by atoms with E-state index in [-0.39, 0.29) is 12.4 Å². The van der Waals surface area contributed by atoms with E-state index in [2.05, 4.69) is 0 Å². The lowest BCUT2D eigenvalue weighted by molar-refractivity contribution is -0.849. The van der Waals surface area contributed by atoms with Crippen molar-refractivity contribution in [3.8, 4) is 0 Å². The highest BCUT2D eigenvalue weighted by Gasteiger charge is 2.88. The van der Waals surface area contributed by atoms with Gasteiger partial charge in [0.1, 0.15) is 0 Å². The molecule has 0 aromatic carbocycles. The largest absolute Gasteiger partial charge is 0.534 e. The van der Waals surface area contributed by atoms with Crippen LogP contribution in [0.15, 0.2) is 43.2 Å². The minimum Gasteiger partial charge on any atom is -0.240 e. The zero-order chi connectivity index (χ0) is 23.1. The number of rotatable bonds is 8. The lowest BCUT2D eigenvalue weighted by Gasteiger charge is -2.41. The summed E-state index contributed by atoms with van der Waals surface area (Å²) in [6, 6.07) is -3.79. The molecule has 166 valence electrons. The number of nitrogens with zero attached hydrogens (tertiary/aromatic N) is 1. The molecule has 0 saturated carbocycles. The van der Waals surface area contributed by atoms with E-state index in [4.69, 9.17) is 0 Å². The van der Waals surface area contributed by atoms with E-state index in [1.807, 2.05) is 6.58 Å². The SMILES string of the molecule is C=CC(F)(C(F)(F)C(F)CC(F)(F)F)C(F)(F)C(F)(F)C(F)(F)[n+]1ccccc1. The molecule has 0 N–H and O–H groups in total. The Bertz CT molecular complexity index is 713. The topological polar surface area (TPSA) is 3.88 Å². The van der Waals surface area contributed by atoms with Gasteiger partial charge < -0.3 is 0 Å². The van der Waals surface area contributed by atoms with Gasteiger partial charge in [0.25, 0.3) is 5.67 Å². The van der Waals surface area contributed by atoms with Crippen LogP contribution in [-0.4, -0.2) is 35.8 Å². The van der Waals surface area contributed by atoms with Crippen molar-refractivity contribution in [2.24, 2.45) is 0 Å². The van der Waals surface area contributed by atoms with Crippen LogP contribution in [0.4, 0.5) is 57.1 Å². The molecule has 0 radical (unpaired) electrons. The van der Waals surface area contributed by atoms with Gasteiger partial charge >= 0.3 is 30.0 Å². The Balaban J connectivity index is 3.57. The second-order valence-electron chi connectivity index (χ2n) is 5.80. The molecular formula is C15H11F13N+. The molecule has 0 aliphatic heterocycles. The molecule has 0 aliphatic carbocycles. The highest BCUT2D eigenvalue weighted by atomic mass is 19.4. The molecule has 0 fully saturated rings. The average Bonchev–Trinajstić information content (AvgIpc) is 2.59. The predicted octanol–water partition coefficient (Wildman–Crippen LogP) is 5.61. The molecule has 29 heavy (non-hydrogen) atoms. The van der Waals surface area contributed by atoms with Gasteiger partial charge in [0.2, 0.25) is 0 Å². The van der Waals surface area contributed by atoms with E-state index in [1.54, 1.807) is 0 Å². The molecular weight excluding hydrogens is 441 g/mol. The van der Waals surface area contributed by atoms with Crippen molar-refractivity contribution in [2.75, 3.05) is 0 Å². The van der Waals surface area contributed by atoms with Crippen LogP contribution in [0.1, 0.15) is 6.42 Å². The number of hydrogen-bond acceptors (Lipinski definition) is 0. The Morgan fingerprint density at radius 1 is 0.759 bits per heavy atom. The van der Waals surface area contributed by atoms with Crippen molar-refractivity contribution in [1.29, 1.82) is 0 Å². The fraction of sp³-hybridized carbons (Fsp3) is 0.533. The molecule has 2 atom stereocenters. The van der Waals surface area contributed by atoms with Crippen LogP contribution in [0.3, 0.4) is 0 Å². The molecule has 1 nitrogen and oxygen atoms in total. The highest BCUT2D eigenvalue weighted by Crippen LogP contribution is 2.58. The van der Waals surface area contributed by atoms with Gasteiger partial charge in [-0.1, -0.05) is 12.6 Å². The van der Waals surface area contributed by atoms with E-state index < -0.39 is 58.9 Å². The third kappa shape index (κ3) is 3.89. The molecule has 0 amide bonds. The van der Waals surface area contributed by atoms with Gasteiger partial charge in [0.05, 0.1) is 6.42 Å². The first-order valence-electron chi connectivity index (χ1n) is 7.31. The first-order valence-corrected chi connectivity index (χ1v) is 7.31. The van der Waals surface area contributed by atoms with Gasteiger partial charge in [-0.3, -0.25) is 0 Å². The first kappa shape index (κ1) is 25.0. The van der Waals surface area contributed by atoms with Crippen molar-refractivity contribution in [2.45, 2.75) is 48.3 Å². The van der Waals surface area contributed by atoms with Crippen molar-refractivity contribution >= 4 is 0 Å². The molecule has 14 heteroatoms. The molecule has 0 spiro atoms. The number of allylic oxidation sites excluding steroid dienone is 1. The lowest BCUT2D eigenvalue weighted by atomic mass is 9.82. The van der Waals surface area contributed by atoms with Gasteiger partial charge in [-0.15, -0.1) is 13.3 Å². The Labute approximate surface area is 154 Å². The third-order valence-electron chi connectivity index (χ3n) is 3.84. The van der Waals surface area contributed by atoms with Crippen LogP contribution in [-0.2, 0) is 6.05 Å². The summed E-state index contributed by atoms with van der Waals surface area (Å²) in [6.07, 6.45) is -14.9. The van der Waals surface area contributed by atoms with Crippen LogP contribution in [0.5, 0.6) is 0 Å². The average molecular weight is 452 g/mol. The van der Waals surface area contributed by atoms with Crippen molar-refractivity contribution in [1.82, 2.24) is 0 Å². The van der Waals surface area contributed by atoms with E-state index >= 15 is 0 Å². The van der Waals surface area contributed by atoms with Gasteiger partial charge in [-0.05, 0) is 6.08 Å². The summed E-state index contributed by atoms with van der Waals surface area (Å²) in [6.45, 7) is 2.04. The van der Waals surface area contributed by atoms with E-state index in [0.29, 0.717) is 12.1 Å². The predicted molar refractivity (Wildman–Crippen MR) is 71.3 cm³/mol. The van der Waals surface area contributed by atoms with Crippen LogP contribution < -0.4 is 4.57 Å². The van der Waals surface area contributed by atoms with E-state index in [1.165, 1.54) is 0 Å². The minimum atomic E-state index is -7.12. The fourth-order valence-corrected chi connectivity index (χ4v) is 2.20. The Morgan fingerprint density at radius 2 is 1.21 bits per heavy atom. The zero-order valence-corrected chi connectivity index (χ0v) is 13.8. The molecule has 1 rings (SSSR count). The fourth-order valence-electron chi connectivity index (χ4n) is 2.20. The van der Waals surface area contributed by atoms with Crippen molar-refractivity contribution in [3.05, 3.63) is 43.2 Å². The van der Waals surface area contributed by atoms with Gasteiger partial charge in [-0.2, -0.15) is 39.5 Å². The number of halogens is 13. The summed E-state index contributed by atoms with van der Waals surface area (Å²) in [7, 11) is 0. The monoisotopic (exact) mass is 452 g/mol. The van der Waals surface area contributed by atoms with Crippen molar-refractivity contribution in [3.63, 3.8) is 0 Å². The van der Waals surface area contributed by atoms with E-state index in [9.17, 15) is 57.1 Å². The zero-order valence-electron chi connectivity index (χ0n) is 13.8. The second kappa shape index (κ2) is 7.35. The maximum atomic E-state index is 14.4. The smallest absolute Gasteiger partial charge is 0.240 e. The lowest BCUT2D eigenvalue weighted by Crippen LogP contribution is -2.74. The first-order chi connectivity index (χ1) is 12.8. The molecule has 1 aromatic rings. The number of pyridine rings is 1. The summed E-state index contributed by atoms with van der Waals surface area (Å²) in [5.74, 6) is -20.6. The molecule has 0 bridgehead atoms. The Hall–Kier alpha value is -2.02. The number of hydrogen-bond donors (Lipinski definition) is 0. The standard InChI is InChI=1S/C15H11F13N/c1-2-10(17,12(21,22)9(16)8-11(18,19)20)13(23,24)14(25,26)15(27,28)29-6-4-3-5-7-29/h2-7,9H,1,8H2/q+1. The molecule has 2 unspecified atom stereocenters. The van der Waals surface area contributed by atoms with Gasteiger partial charge in [0, 0.05) is 12.1 Å². The van der Waals surface area contributed by atoms with Gasteiger partial charge in [0.15, 0.2) is 18.6 Å². The molecule has 0 aliphatic rings. The minimum absolute atomic E-state index is 0.109. The van der Waals surface area contributed by atoms with Crippen LogP contribution in [0.25, 0.3) is 0 Å². The summed E-state index contributed by atoms with van der Waals surface area (Å²) < 4.78 is 175. The van der Waals surface area contributed by atoms with Gasteiger partial charge in [-0.25, -0.2) is 8.78 Å².